The van der Waals surface area contributed by atoms with Gasteiger partial charge in [-0.1, -0.05) is 0 Å². The lowest BCUT2D eigenvalue weighted by Gasteiger charge is -2.42. The summed E-state index contributed by atoms with van der Waals surface area (Å²) in [4.78, 5) is 13.6. The van der Waals surface area contributed by atoms with E-state index in [9.17, 15) is 9.90 Å². The maximum absolute atomic E-state index is 11.8. The molecule has 1 saturated carbocycles. The zero-order chi connectivity index (χ0) is 9.47. The molecule has 1 unspecified atom stereocenters. The molecule has 74 valence electrons. The van der Waals surface area contributed by atoms with Crippen molar-refractivity contribution in [2.24, 2.45) is 0 Å². The minimum absolute atomic E-state index is 0.0243. The summed E-state index contributed by atoms with van der Waals surface area (Å²) in [7, 11) is 0. The minimum atomic E-state index is -1.01. The van der Waals surface area contributed by atoms with Crippen LogP contribution in [0.2, 0.25) is 0 Å². The maximum atomic E-state index is 11.8. The number of carbonyl (C=O) groups is 1. The summed E-state index contributed by atoms with van der Waals surface area (Å²) in [6.07, 6.45) is 4.39. The number of likely N-dealkylation sites (tertiary alicyclic amines) is 1. The number of amides is 1. The lowest BCUT2D eigenvalue weighted by molar-refractivity contribution is -0.158. The second kappa shape index (κ2) is 2.98. The van der Waals surface area contributed by atoms with Crippen LogP contribution in [0.5, 0.6) is 0 Å². The fraction of sp³-hybridized carbons (Fsp3) is 0.900. The first-order valence-corrected chi connectivity index (χ1v) is 5.17. The Bertz CT molecular complexity index is 221. The highest BCUT2D eigenvalue weighted by atomic mass is 16.3. The van der Waals surface area contributed by atoms with Gasteiger partial charge in [-0.2, -0.15) is 0 Å². The van der Waals surface area contributed by atoms with Crippen molar-refractivity contribution in [3.63, 3.8) is 0 Å². The van der Waals surface area contributed by atoms with Crippen LogP contribution in [0.4, 0.5) is 0 Å². The zero-order valence-corrected chi connectivity index (χ0v) is 8.12. The Morgan fingerprint density at radius 3 is 2.46 bits per heavy atom. The van der Waals surface area contributed by atoms with E-state index in [0.29, 0.717) is 18.9 Å². The zero-order valence-electron chi connectivity index (χ0n) is 8.12. The van der Waals surface area contributed by atoms with E-state index in [0.717, 1.165) is 25.8 Å². The van der Waals surface area contributed by atoms with Crippen LogP contribution in [-0.2, 0) is 4.79 Å². The van der Waals surface area contributed by atoms with Gasteiger partial charge in [-0.05, 0) is 39.0 Å². The molecule has 1 heterocycles. The molecule has 0 bridgehead atoms. The molecule has 0 radical (unpaired) electrons. The predicted octanol–water partition coefficient (Wildman–Crippen LogP) is 0.912. The number of carbonyl (C=O) groups excluding carboxylic acids is 1. The Hall–Kier alpha value is -0.570. The summed E-state index contributed by atoms with van der Waals surface area (Å²) < 4.78 is 0. The van der Waals surface area contributed by atoms with Gasteiger partial charge in [0, 0.05) is 12.6 Å². The molecule has 1 saturated heterocycles. The first-order chi connectivity index (χ1) is 6.13. The maximum Gasteiger partial charge on any atom is 0.254 e. The summed E-state index contributed by atoms with van der Waals surface area (Å²) in [5.74, 6) is -0.0243. The summed E-state index contributed by atoms with van der Waals surface area (Å²) in [6, 6.07) is 0.345. The van der Waals surface area contributed by atoms with Crippen molar-refractivity contribution in [3.05, 3.63) is 0 Å². The van der Waals surface area contributed by atoms with Crippen LogP contribution < -0.4 is 0 Å². The van der Waals surface area contributed by atoms with Gasteiger partial charge in [-0.3, -0.25) is 4.79 Å². The van der Waals surface area contributed by atoms with Crippen molar-refractivity contribution in [2.45, 2.75) is 50.7 Å². The van der Waals surface area contributed by atoms with Gasteiger partial charge >= 0.3 is 0 Å². The van der Waals surface area contributed by atoms with Crippen LogP contribution in [0.15, 0.2) is 0 Å². The third-order valence-corrected chi connectivity index (χ3v) is 3.41. The second-order valence-electron chi connectivity index (χ2n) is 4.37. The van der Waals surface area contributed by atoms with Crippen LogP contribution in [0.25, 0.3) is 0 Å². The van der Waals surface area contributed by atoms with Gasteiger partial charge < -0.3 is 10.0 Å². The molecule has 3 heteroatoms. The van der Waals surface area contributed by atoms with Gasteiger partial charge in [-0.25, -0.2) is 0 Å². The average Bonchev–Trinajstić information content (AvgIpc) is 2.51. The van der Waals surface area contributed by atoms with Crippen molar-refractivity contribution in [1.29, 1.82) is 0 Å². The molecule has 1 aliphatic heterocycles. The number of hydrogen-bond acceptors (Lipinski definition) is 2. The molecule has 2 aliphatic rings. The summed E-state index contributed by atoms with van der Waals surface area (Å²) in [5, 5.41) is 10.0. The SMILES string of the molecule is CC1CCN1C(=O)C1(O)CCCC1. The summed E-state index contributed by atoms with van der Waals surface area (Å²) >= 11 is 0. The van der Waals surface area contributed by atoms with Crippen molar-refractivity contribution >= 4 is 5.91 Å². The third-order valence-electron chi connectivity index (χ3n) is 3.41. The quantitative estimate of drug-likeness (QED) is 0.656. The number of nitrogens with zero attached hydrogens (tertiary/aromatic N) is 1. The van der Waals surface area contributed by atoms with Crippen molar-refractivity contribution in [2.75, 3.05) is 6.54 Å². The van der Waals surface area contributed by atoms with E-state index in [1.807, 2.05) is 11.8 Å². The van der Waals surface area contributed by atoms with Gasteiger partial charge in [0.05, 0.1) is 0 Å². The lowest BCUT2D eigenvalue weighted by atomic mass is 9.95. The van der Waals surface area contributed by atoms with E-state index in [4.69, 9.17) is 0 Å². The van der Waals surface area contributed by atoms with Crippen LogP contribution >= 0.6 is 0 Å². The van der Waals surface area contributed by atoms with E-state index in [1.165, 1.54) is 0 Å². The van der Waals surface area contributed by atoms with E-state index in [-0.39, 0.29) is 5.91 Å². The average molecular weight is 183 g/mol. The minimum Gasteiger partial charge on any atom is -0.380 e. The van der Waals surface area contributed by atoms with Crippen LogP contribution in [0, 0.1) is 0 Å². The fourth-order valence-corrected chi connectivity index (χ4v) is 2.26. The van der Waals surface area contributed by atoms with Crippen molar-refractivity contribution < 1.29 is 9.90 Å². The molecule has 0 aromatic rings. The van der Waals surface area contributed by atoms with Gasteiger partial charge in [0.15, 0.2) is 0 Å². The van der Waals surface area contributed by atoms with E-state index in [2.05, 4.69) is 0 Å². The Morgan fingerprint density at radius 2 is 2.08 bits per heavy atom. The Labute approximate surface area is 78.7 Å². The summed E-state index contributed by atoms with van der Waals surface area (Å²) in [6.45, 7) is 2.88. The smallest absolute Gasteiger partial charge is 0.254 e. The van der Waals surface area contributed by atoms with E-state index < -0.39 is 5.60 Å². The lowest BCUT2D eigenvalue weighted by Crippen LogP contribution is -2.57. The molecule has 3 nitrogen and oxygen atoms in total. The fourth-order valence-electron chi connectivity index (χ4n) is 2.26. The number of aliphatic hydroxyl groups is 1. The molecule has 1 aliphatic carbocycles. The van der Waals surface area contributed by atoms with E-state index >= 15 is 0 Å². The van der Waals surface area contributed by atoms with Crippen LogP contribution in [0.3, 0.4) is 0 Å². The molecule has 0 spiro atoms. The molecular formula is C10H17NO2. The van der Waals surface area contributed by atoms with E-state index in [1.54, 1.807) is 0 Å². The topological polar surface area (TPSA) is 40.5 Å². The Morgan fingerprint density at radius 1 is 1.46 bits per heavy atom. The van der Waals surface area contributed by atoms with Crippen molar-refractivity contribution in [1.82, 2.24) is 4.90 Å². The molecule has 2 fully saturated rings. The highest BCUT2D eigenvalue weighted by Crippen LogP contribution is 2.33. The molecular weight excluding hydrogens is 166 g/mol. The van der Waals surface area contributed by atoms with Crippen LogP contribution in [0.1, 0.15) is 39.0 Å². The number of rotatable bonds is 1. The van der Waals surface area contributed by atoms with Gasteiger partial charge in [0.2, 0.25) is 0 Å². The molecule has 1 N–H and O–H groups in total. The van der Waals surface area contributed by atoms with Gasteiger partial charge in [0.1, 0.15) is 5.60 Å². The molecule has 2 rings (SSSR count). The molecule has 1 amide bonds. The molecule has 13 heavy (non-hydrogen) atoms. The highest BCUT2D eigenvalue weighted by Gasteiger charge is 2.44. The van der Waals surface area contributed by atoms with Crippen molar-refractivity contribution in [3.8, 4) is 0 Å². The summed E-state index contributed by atoms with van der Waals surface area (Å²) in [5.41, 5.74) is -1.01. The first kappa shape index (κ1) is 9.00. The highest BCUT2D eigenvalue weighted by molar-refractivity contribution is 5.86. The standard InChI is InChI=1S/C10H17NO2/c1-8-4-7-11(8)9(12)10(13)5-2-3-6-10/h8,13H,2-7H2,1H3. The normalized spacial score (nSPS) is 31.5. The predicted molar refractivity (Wildman–Crippen MR) is 49.2 cm³/mol. The van der Waals surface area contributed by atoms with Gasteiger partial charge in [0.25, 0.3) is 5.91 Å². The molecule has 0 aromatic heterocycles. The Balaban J connectivity index is 2.03. The number of hydrogen-bond donors (Lipinski definition) is 1. The molecule has 1 atom stereocenters. The second-order valence-corrected chi connectivity index (χ2v) is 4.37. The van der Waals surface area contributed by atoms with Gasteiger partial charge in [-0.15, -0.1) is 0 Å². The third kappa shape index (κ3) is 1.35. The molecule has 0 aromatic carbocycles. The largest absolute Gasteiger partial charge is 0.380 e. The monoisotopic (exact) mass is 183 g/mol. The Kier molecular flexibility index (Phi) is 2.06. The van der Waals surface area contributed by atoms with Crippen LogP contribution in [-0.4, -0.2) is 34.1 Å². The first-order valence-electron chi connectivity index (χ1n) is 5.17.